The third kappa shape index (κ3) is 5.78. The lowest BCUT2D eigenvalue weighted by molar-refractivity contribution is -0.133. The van der Waals surface area contributed by atoms with Crippen molar-refractivity contribution < 1.29 is 18.3 Å². The molecular weight excluding hydrogens is 519 g/mol. The fourth-order valence-electron chi connectivity index (χ4n) is 5.49. The first-order chi connectivity index (χ1) is 17.9. The minimum absolute atomic E-state index is 0.0925. The zero-order chi connectivity index (χ0) is 25.9. The Morgan fingerprint density at radius 1 is 1.00 bits per heavy atom. The average molecular weight is 548 g/mol. The van der Waals surface area contributed by atoms with Crippen molar-refractivity contribution in [2.75, 3.05) is 13.2 Å². The summed E-state index contributed by atoms with van der Waals surface area (Å²) in [7, 11) is 0. The molecule has 9 heteroatoms. The maximum atomic E-state index is 15.0. The third-order valence-electron chi connectivity index (χ3n) is 7.44. The van der Waals surface area contributed by atoms with Crippen molar-refractivity contribution in [2.45, 2.75) is 57.5 Å². The van der Waals surface area contributed by atoms with Crippen LogP contribution in [0.5, 0.6) is 5.75 Å². The first-order valence-electron chi connectivity index (χ1n) is 12.8. The van der Waals surface area contributed by atoms with Crippen LogP contribution in [0.3, 0.4) is 0 Å². The van der Waals surface area contributed by atoms with E-state index >= 15 is 0 Å². The number of carbonyl (C=O) groups is 1. The SMILES string of the molecule is O=C1C(Cc2c(Cl)cc(-c3c(F)cc(OCCn4ccnc4)cc3F)cc2Cl)CCN1C1CCCCC1. The van der Waals surface area contributed by atoms with Crippen LogP contribution in [0.2, 0.25) is 10.0 Å². The third-order valence-corrected chi connectivity index (χ3v) is 8.11. The summed E-state index contributed by atoms with van der Waals surface area (Å²) in [5.74, 6) is -1.48. The molecule has 196 valence electrons. The molecule has 3 aromatic rings. The van der Waals surface area contributed by atoms with Crippen LogP contribution in [0.25, 0.3) is 11.1 Å². The fraction of sp³-hybridized carbons (Fsp3) is 0.429. The summed E-state index contributed by atoms with van der Waals surface area (Å²) in [4.78, 5) is 19.1. The molecule has 0 radical (unpaired) electrons. The van der Waals surface area contributed by atoms with E-state index in [0.717, 1.165) is 37.9 Å². The van der Waals surface area contributed by atoms with Crippen LogP contribution in [0.1, 0.15) is 44.1 Å². The van der Waals surface area contributed by atoms with Gasteiger partial charge in [0.15, 0.2) is 0 Å². The van der Waals surface area contributed by atoms with E-state index in [1.165, 1.54) is 31.4 Å². The van der Waals surface area contributed by atoms with Gasteiger partial charge in [0.1, 0.15) is 24.0 Å². The number of likely N-dealkylation sites (tertiary alicyclic amines) is 1. The van der Waals surface area contributed by atoms with Gasteiger partial charge in [-0.1, -0.05) is 42.5 Å². The average Bonchev–Trinajstić information content (AvgIpc) is 3.51. The van der Waals surface area contributed by atoms with Crippen LogP contribution in [-0.2, 0) is 17.8 Å². The quantitative estimate of drug-likeness (QED) is 0.307. The van der Waals surface area contributed by atoms with E-state index in [4.69, 9.17) is 27.9 Å². The maximum absolute atomic E-state index is 15.0. The van der Waals surface area contributed by atoms with Gasteiger partial charge in [0, 0.05) is 53.1 Å². The van der Waals surface area contributed by atoms with E-state index in [9.17, 15) is 13.6 Å². The van der Waals surface area contributed by atoms with Gasteiger partial charge in [-0.2, -0.15) is 0 Å². The van der Waals surface area contributed by atoms with Gasteiger partial charge in [-0.05, 0) is 48.9 Å². The number of amides is 1. The number of ether oxygens (including phenoxy) is 1. The molecule has 1 unspecified atom stereocenters. The van der Waals surface area contributed by atoms with Crippen LogP contribution in [0.4, 0.5) is 8.78 Å². The molecule has 2 heterocycles. The first-order valence-corrected chi connectivity index (χ1v) is 13.5. The Morgan fingerprint density at radius 2 is 1.70 bits per heavy atom. The molecule has 2 aromatic carbocycles. The Hall–Kier alpha value is -2.64. The van der Waals surface area contributed by atoms with E-state index in [2.05, 4.69) is 4.98 Å². The number of rotatable bonds is 8. The van der Waals surface area contributed by atoms with Gasteiger partial charge in [0.25, 0.3) is 0 Å². The highest BCUT2D eigenvalue weighted by Gasteiger charge is 2.36. The predicted octanol–water partition coefficient (Wildman–Crippen LogP) is 6.94. The van der Waals surface area contributed by atoms with Gasteiger partial charge in [-0.15, -0.1) is 0 Å². The number of imidazole rings is 1. The lowest BCUT2D eigenvalue weighted by Gasteiger charge is -2.31. The monoisotopic (exact) mass is 547 g/mol. The smallest absolute Gasteiger partial charge is 0.226 e. The summed E-state index contributed by atoms with van der Waals surface area (Å²) in [5, 5.41) is 0.594. The summed E-state index contributed by atoms with van der Waals surface area (Å²) in [6.07, 6.45) is 12.0. The molecule has 1 saturated carbocycles. The van der Waals surface area contributed by atoms with Crippen LogP contribution in [0, 0.1) is 17.6 Å². The lowest BCUT2D eigenvalue weighted by atomic mass is 9.93. The number of hydrogen-bond acceptors (Lipinski definition) is 3. The van der Waals surface area contributed by atoms with Gasteiger partial charge in [0.05, 0.1) is 18.4 Å². The Morgan fingerprint density at radius 3 is 2.35 bits per heavy atom. The zero-order valence-electron chi connectivity index (χ0n) is 20.4. The van der Waals surface area contributed by atoms with Crippen molar-refractivity contribution in [2.24, 2.45) is 5.92 Å². The molecule has 0 bridgehead atoms. The van der Waals surface area contributed by atoms with E-state index < -0.39 is 11.6 Å². The van der Waals surface area contributed by atoms with E-state index in [1.807, 2.05) is 4.90 Å². The molecule has 5 rings (SSSR count). The van der Waals surface area contributed by atoms with E-state index in [0.29, 0.717) is 34.6 Å². The van der Waals surface area contributed by atoms with Gasteiger partial charge in [0.2, 0.25) is 5.91 Å². The number of nitrogens with zero attached hydrogens (tertiary/aromatic N) is 3. The van der Waals surface area contributed by atoms with E-state index in [-0.39, 0.29) is 35.3 Å². The summed E-state index contributed by atoms with van der Waals surface area (Å²) in [6.45, 7) is 1.49. The van der Waals surface area contributed by atoms with Crippen molar-refractivity contribution >= 4 is 29.1 Å². The molecule has 0 N–H and O–H groups in total. The Labute approximate surface area is 225 Å². The number of benzene rings is 2. The highest BCUT2D eigenvalue weighted by molar-refractivity contribution is 6.36. The minimum Gasteiger partial charge on any atom is -0.492 e. The molecule has 1 atom stereocenters. The normalized spacial score (nSPS) is 18.5. The van der Waals surface area contributed by atoms with Gasteiger partial charge in [-0.25, -0.2) is 13.8 Å². The van der Waals surface area contributed by atoms with Crippen molar-refractivity contribution in [1.82, 2.24) is 14.5 Å². The molecule has 0 spiro atoms. The number of halogens is 4. The van der Waals surface area contributed by atoms with Crippen molar-refractivity contribution in [1.29, 1.82) is 0 Å². The van der Waals surface area contributed by atoms with Crippen molar-refractivity contribution in [3.8, 4) is 16.9 Å². The van der Waals surface area contributed by atoms with Gasteiger partial charge < -0.3 is 14.2 Å². The number of aromatic nitrogens is 2. The summed E-state index contributed by atoms with van der Waals surface area (Å²) in [5.41, 5.74) is 0.647. The Kier molecular flexibility index (Phi) is 8.01. The molecule has 1 saturated heterocycles. The summed E-state index contributed by atoms with van der Waals surface area (Å²) >= 11 is 13.1. The molecule has 1 aliphatic heterocycles. The number of carbonyl (C=O) groups excluding carboxylic acids is 1. The first kappa shape index (κ1) is 26.0. The summed E-state index contributed by atoms with van der Waals surface area (Å²) in [6, 6.07) is 5.67. The largest absolute Gasteiger partial charge is 0.492 e. The standard InChI is InChI=1S/C28H29Cl2F2N3O2/c29-23-13-19(27-25(31)15-21(16-26(27)32)37-11-10-34-9-7-33-17-34)14-24(30)22(23)12-18-6-8-35(28(18)36)20-4-2-1-3-5-20/h7,9,13-18,20H,1-6,8,10-12H2. The Bertz CT molecular complexity index is 1220. The molecule has 37 heavy (non-hydrogen) atoms. The molecule has 5 nitrogen and oxygen atoms in total. The highest BCUT2D eigenvalue weighted by Crippen LogP contribution is 2.38. The van der Waals surface area contributed by atoms with Crippen LogP contribution in [0.15, 0.2) is 43.0 Å². The molecule has 1 aliphatic carbocycles. The van der Waals surface area contributed by atoms with Crippen LogP contribution in [-0.4, -0.2) is 39.6 Å². The molecule has 2 aliphatic rings. The lowest BCUT2D eigenvalue weighted by Crippen LogP contribution is -2.39. The number of hydrogen-bond donors (Lipinski definition) is 0. The molecule has 1 amide bonds. The van der Waals surface area contributed by atoms with Crippen molar-refractivity contribution in [3.63, 3.8) is 0 Å². The molecule has 2 fully saturated rings. The fourth-order valence-corrected chi connectivity index (χ4v) is 6.13. The van der Waals surface area contributed by atoms with Crippen molar-refractivity contribution in [3.05, 3.63) is 70.2 Å². The predicted molar refractivity (Wildman–Crippen MR) is 140 cm³/mol. The van der Waals surface area contributed by atoms with E-state index in [1.54, 1.807) is 23.3 Å². The second kappa shape index (κ2) is 11.4. The topological polar surface area (TPSA) is 47.4 Å². The van der Waals surface area contributed by atoms with Crippen LogP contribution >= 0.6 is 23.2 Å². The molecule has 1 aromatic heterocycles. The van der Waals surface area contributed by atoms with Gasteiger partial charge in [-0.3, -0.25) is 4.79 Å². The van der Waals surface area contributed by atoms with Crippen LogP contribution < -0.4 is 4.74 Å². The second-order valence-corrected chi connectivity index (χ2v) is 10.7. The molecular formula is C28H29Cl2F2N3O2. The summed E-state index contributed by atoms with van der Waals surface area (Å²) < 4.78 is 37.3. The Balaban J connectivity index is 1.29. The zero-order valence-corrected chi connectivity index (χ0v) is 21.9. The second-order valence-electron chi connectivity index (χ2n) is 9.84. The maximum Gasteiger partial charge on any atom is 0.226 e. The minimum atomic E-state index is -0.772. The van der Waals surface area contributed by atoms with Gasteiger partial charge >= 0.3 is 0 Å². The highest BCUT2D eigenvalue weighted by atomic mass is 35.5.